The summed E-state index contributed by atoms with van der Waals surface area (Å²) in [6.45, 7) is 8.65. The van der Waals surface area contributed by atoms with Gasteiger partial charge in [-0.3, -0.25) is 0 Å². The van der Waals surface area contributed by atoms with E-state index in [2.05, 4.69) is 27.5 Å². The molecule has 4 rings (SSSR count). The smallest absolute Gasteiger partial charge is 0.327 e. The molecule has 0 aromatic carbocycles. The molecular weight excluding hydrogens is 444 g/mol. The maximum Gasteiger partial charge on any atom is 0.327 e. The van der Waals surface area contributed by atoms with E-state index in [9.17, 15) is 4.79 Å². The number of nitrogens with zero attached hydrogens (tertiary/aromatic N) is 5. The van der Waals surface area contributed by atoms with Crippen LogP contribution in [0, 0.1) is 5.92 Å². The fourth-order valence-electron chi connectivity index (χ4n) is 4.53. The van der Waals surface area contributed by atoms with Gasteiger partial charge in [0.25, 0.3) is 0 Å². The Labute approximate surface area is 197 Å². The van der Waals surface area contributed by atoms with Crippen LogP contribution in [0.15, 0.2) is 17.3 Å². The second-order valence-corrected chi connectivity index (χ2v) is 9.94. The largest absolute Gasteiger partial charge is 0.478 e. The molecule has 1 aliphatic carbocycles. The third-order valence-corrected chi connectivity index (χ3v) is 6.84. The number of anilines is 1. The van der Waals surface area contributed by atoms with E-state index in [4.69, 9.17) is 19.6 Å². The van der Waals surface area contributed by atoms with Crippen molar-refractivity contribution in [3.8, 4) is 0 Å². The van der Waals surface area contributed by atoms with E-state index in [1.54, 1.807) is 17.8 Å². The fourth-order valence-corrected chi connectivity index (χ4v) is 5.37. The SMILES string of the molecule is CCCCCSc1nc(NCC)c2nnn([C@@H]3C[C@H](C=CC(=O)O)[C@H]4OC(C)(C)O[C@H]43)c2n1. The zero-order valence-electron chi connectivity index (χ0n) is 19.5. The standard InChI is InChI=1S/C22H32N6O4S/c1-5-7-8-11-33-21-24-19(23-6-2)16-20(25-21)28(27-26-16)14-12-13(9-10-15(29)30)17-18(14)32-22(3,4)31-17/h9-10,13-14,17-18H,5-8,11-12H2,1-4H3,(H,29,30)(H,23,24,25)/t13-,14+,17+,18-/m0/s1. The number of nitrogens with one attached hydrogen (secondary N) is 1. The third kappa shape index (κ3) is 5.15. The second kappa shape index (κ2) is 9.94. The molecule has 0 radical (unpaired) electrons. The van der Waals surface area contributed by atoms with E-state index in [0.717, 1.165) is 12.2 Å². The van der Waals surface area contributed by atoms with Gasteiger partial charge in [0.05, 0.1) is 12.1 Å². The molecule has 2 fully saturated rings. The number of unbranched alkanes of at least 4 members (excludes halogenated alkanes) is 2. The van der Waals surface area contributed by atoms with Crippen molar-refractivity contribution < 1.29 is 19.4 Å². The summed E-state index contributed by atoms with van der Waals surface area (Å²) in [5.41, 5.74) is 1.27. The predicted molar refractivity (Wildman–Crippen MR) is 125 cm³/mol. The number of aromatic nitrogens is 5. The van der Waals surface area contributed by atoms with Crippen LogP contribution in [0.5, 0.6) is 0 Å². The van der Waals surface area contributed by atoms with Gasteiger partial charge in [0, 0.05) is 24.3 Å². The molecule has 0 spiro atoms. The first-order valence-electron chi connectivity index (χ1n) is 11.6. The van der Waals surface area contributed by atoms with Crippen molar-refractivity contribution in [3.63, 3.8) is 0 Å². The van der Waals surface area contributed by atoms with E-state index < -0.39 is 11.8 Å². The van der Waals surface area contributed by atoms with Gasteiger partial charge in [-0.05, 0) is 33.6 Å². The number of hydrogen-bond donors (Lipinski definition) is 2. The highest BCUT2D eigenvalue weighted by atomic mass is 32.2. The molecule has 2 aromatic rings. The molecule has 4 atom stereocenters. The Morgan fingerprint density at radius 3 is 2.79 bits per heavy atom. The molecule has 2 N–H and O–H groups in total. The summed E-state index contributed by atoms with van der Waals surface area (Å²) in [7, 11) is 0. The van der Waals surface area contributed by atoms with Crippen LogP contribution < -0.4 is 5.32 Å². The normalized spacial score (nSPS) is 26.3. The summed E-state index contributed by atoms with van der Waals surface area (Å²) in [5.74, 6) is -0.229. The maximum absolute atomic E-state index is 11.1. The van der Waals surface area contributed by atoms with E-state index in [1.807, 2.05) is 25.5 Å². The minimum absolute atomic E-state index is 0.116. The molecule has 1 saturated carbocycles. The van der Waals surface area contributed by atoms with Crippen LogP contribution >= 0.6 is 11.8 Å². The molecule has 1 saturated heterocycles. The lowest BCUT2D eigenvalue weighted by atomic mass is 10.0. The lowest BCUT2D eigenvalue weighted by molar-refractivity contribution is -0.158. The number of carbonyl (C=O) groups is 1. The predicted octanol–water partition coefficient (Wildman–Crippen LogP) is 3.66. The van der Waals surface area contributed by atoms with E-state index in [-0.39, 0.29) is 24.2 Å². The van der Waals surface area contributed by atoms with Gasteiger partial charge in [0.15, 0.2) is 27.9 Å². The maximum atomic E-state index is 11.1. The highest BCUT2D eigenvalue weighted by Gasteiger charge is 2.54. The molecule has 10 nitrogen and oxygen atoms in total. The molecule has 1 aliphatic heterocycles. The van der Waals surface area contributed by atoms with Crippen LogP contribution in [0.3, 0.4) is 0 Å². The molecule has 0 bridgehead atoms. The first kappa shape index (κ1) is 23.9. The molecule has 33 heavy (non-hydrogen) atoms. The van der Waals surface area contributed by atoms with Gasteiger partial charge in [0.1, 0.15) is 6.10 Å². The first-order chi connectivity index (χ1) is 15.8. The van der Waals surface area contributed by atoms with Gasteiger partial charge in [-0.1, -0.05) is 42.8 Å². The van der Waals surface area contributed by atoms with Crippen molar-refractivity contribution in [2.75, 3.05) is 17.6 Å². The Morgan fingerprint density at radius 2 is 2.06 bits per heavy atom. The Hall–Kier alpha value is -2.24. The van der Waals surface area contributed by atoms with Crippen LogP contribution in [-0.4, -0.2) is 66.3 Å². The average molecular weight is 477 g/mol. The van der Waals surface area contributed by atoms with Gasteiger partial charge in [0.2, 0.25) is 0 Å². The lowest BCUT2D eigenvalue weighted by Crippen LogP contribution is -2.28. The van der Waals surface area contributed by atoms with E-state index in [1.165, 1.54) is 18.9 Å². The van der Waals surface area contributed by atoms with Crippen LogP contribution in [0.1, 0.15) is 59.4 Å². The molecule has 0 unspecified atom stereocenters. The number of hydrogen-bond acceptors (Lipinski definition) is 9. The van der Waals surface area contributed by atoms with Crippen molar-refractivity contribution in [2.45, 2.75) is 82.6 Å². The number of carboxylic acid groups (broad SMARTS) is 1. The quantitative estimate of drug-likeness (QED) is 0.227. The van der Waals surface area contributed by atoms with Crippen molar-refractivity contribution in [1.29, 1.82) is 0 Å². The van der Waals surface area contributed by atoms with Gasteiger partial charge in [-0.25, -0.2) is 19.4 Å². The zero-order chi connectivity index (χ0) is 23.6. The molecule has 0 amide bonds. The monoisotopic (exact) mass is 476 g/mol. The number of fused-ring (bicyclic) bond motifs is 2. The summed E-state index contributed by atoms with van der Waals surface area (Å²) in [5, 5.41) is 21.9. The number of thioether (sulfide) groups is 1. The topological polar surface area (TPSA) is 124 Å². The number of carboxylic acids is 1. The minimum atomic E-state index is -0.979. The van der Waals surface area contributed by atoms with Crippen LogP contribution in [0.2, 0.25) is 0 Å². The summed E-state index contributed by atoms with van der Waals surface area (Å²) in [6, 6.07) is -0.187. The van der Waals surface area contributed by atoms with E-state index >= 15 is 0 Å². The van der Waals surface area contributed by atoms with Crippen molar-refractivity contribution in [2.24, 2.45) is 5.92 Å². The first-order valence-corrected chi connectivity index (χ1v) is 12.6. The Kier molecular flexibility index (Phi) is 7.20. The molecule has 180 valence electrons. The van der Waals surface area contributed by atoms with Crippen molar-refractivity contribution in [1.82, 2.24) is 25.0 Å². The van der Waals surface area contributed by atoms with Gasteiger partial charge < -0.3 is 19.9 Å². The average Bonchev–Trinajstić information content (AvgIpc) is 3.41. The third-order valence-electron chi connectivity index (χ3n) is 5.91. The molecule has 11 heteroatoms. The Morgan fingerprint density at radius 1 is 1.27 bits per heavy atom. The zero-order valence-corrected chi connectivity index (χ0v) is 20.3. The van der Waals surface area contributed by atoms with Crippen molar-refractivity contribution >= 4 is 34.7 Å². The highest BCUT2D eigenvalue weighted by molar-refractivity contribution is 7.99. The lowest BCUT2D eigenvalue weighted by Gasteiger charge is -2.22. The highest BCUT2D eigenvalue weighted by Crippen LogP contribution is 2.47. The van der Waals surface area contributed by atoms with Gasteiger partial charge in [-0.15, -0.1) is 5.10 Å². The summed E-state index contributed by atoms with van der Waals surface area (Å²) < 4.78 is 14.2. The fraction of sp³-hybridized carbons (Fsp3) is 0.682. The summed E-state index contributed by atoms with van der Waals surface area (Å²) >= 11 is 1.64. The minimum Gasteiger partial charge on any atom is -0.478 e. The summed E-state index contributed by atoms with van der Waals surface area (Å²) in [6.07, 6.45) is 6.39. The van der Waals surface area contributed by atoms with Gasteiger partial charge in [-0.2, -0.15) is 0 Å². The molecular formula is C22H32N6O4S. The van der Waals surface area contributed by atoms with Crippen LogP contribution in [0.4, 0.5) is 5.82 Å². The van der Waals surface area contributed by atoms with Crippen LogP contribution in [-0.2, 0) is 14.3 Å². The van der Waals surface area contributed by atoms with Crippen molar-refractivity contribution in [3.05, 3.63) is 12.2 Å². The van der Waals surface area contributed by atoms with E-state index in [0.29, 0.717) is 35.1 Å². The number of aliphatic carboxylic acids is 1. The number of ether oxygens (including phenoxy) is 2. The number of rotatable bonds is 10. The second-order valence-electron chi connectivity index (χ2n) is 8.88. The van der Waals surface area contributed by atoms with Crippen LogP contribution in [0.25, 0.3) is 11.2 Å². The molecule has 2 aliphatic rings. The summed E-state index contributed by atoms with van der Waals surface area (Å²) in [4.78, 5) is 20.6. The molecule has 3 heterocycles. The Bertz CT molecular complexity index is 1030. The Balaban J connectivity index is 1.69. The molecule has 2 aromatic heterocycles. The van der Waals surface area contributed by atoms with Gasteiger partial charge >= 0.3 is 5.97 Å².